The highest BCUT2D eigenvalue weighted by molar-refractivity contribution is 5.41. The van der Waals surface area contributed by atoms with Gasteiger partial charge in [0.05, 0.1) is 11.0 Å². The molecule has 4 nitrogen and oxygen atoms in total. The van der Waals surface area contributed by atoms with Crippen LogP contribution in [-0.4, -0.2) is 10.0 Å². The molecule has 0 aromatic heterocycles. The molecule has 0 aliphatic heterocycles. The van der Waals surface area contributed by atoms with Gasteiger partial charge in [-0.15, -0.1) is 0 Å². The SMILES string of the molecule is O=[N+]([O-])c1cc(F)c(F)c(O)c1F. The van der Waals surface area contributed by atoms with E-state index < -0.39 is 33.8 Å². The molecule has 0 fully saturated rings. The van der Waals surface area contributed by atoms with E-state index in [1.807, 2.05) is 0 Å². The Labute approximate surface area is 69.4 Å². The quantitative estimate of drug-likeness (QED) is 0.419. The van der Waals surface area contributed by atoms with Gasteiger partial charge in [-0.05, 0) is 0 Å². The number of nitro groups is 1. The molecule has 0 heterocycles. The molecule has 0 atom stereocenters. The van der Waals surface area contributed by atoms with Gasteiger partial charge in [0.15, 0.2) is 11.6 Å². The van der Waals surface area contributed by atoms with Gasteiger partial charge in [0.25, 0.3) is 0 Å². The summed E-state index contributed by atoms with van der Waals surface area (Å²) >= 11 is 0. The van der Waals surface area contributed by atoms with E-state index in [1.54, 1.807) is 0 Å². The highest BCUT2D eigenvalue weighted by atomic mass is 19.2. The van der Waals surface area contributed by atoms with Crippen LogP contribution >= 0.6 is 0 Å². The number of nitrogens with zero attached hydrogens (tertiary/aromatic N) is 1. The smallest absolute Gasteiger partial charge is 0.311 e. The fraction of sp³-hybridized carbons (Fsp3) is 0. The lowest BCUT2D eigenvalue weighted by Crippen LogP contribution is -1.97. The first-order chi connectivity index (χ1) is 5.95. The van der Waals surface area contributed by atoms with Gasteiger partial charge in [-0.25, -0.2) is 4.39 Å². The molecule has 0 amide bonds. The van der Waals surface area contributed by atoms with E-state index in [2.05, 4.69) is 0 Å². The van der Waals surface area contributed by atoms with E-state index in [0.717, 1.165) is 0 Å². The Kier molecular flexibility index (Phi) is 2.09. The minimum Gasteiger partial charge on any atom is -0.503 e. The predicted molar refractivity (Wildman–Crippen MR) is 34.6 cm³/mol. The second-order valence-corrected chi connectivity index (χ2v) is 2.11. The van der Waals surface area contributed by atoms with Crippen molar-refractivity contribution in [2.45, 2.75) is 0 Å². The molecule has 1 rings (SSSR count). The Balaban J connectivity index is 3.50. The van der Waals surface area contributed by atoms with Crippen molar-refractivity contribution < 1.29 is 23.2 Å². The molecule has 1 N–H and O–H groups in total. The first kappa shape index (κ1) is 9.30. The standard InChI is InChI=1S/C6H2F3NO3/c7-2-1-3(10(12)13)5(9)6(11)4(2)8/h1,11H. The highest BCUT2D eigenvalue weighted by Gasteiger charge is 2.24. The first-order valence-corrected chi connectivity index (χ1v) is 2.96. The first-order valence-electron chi connectivity index (χ1n) is 2.96. The number of phenolic OH excluding ortho intramolecular Hbond substituents is 1. The molecule has 13 heavy (non-hydrogen) atoms. The van der Waals surface area contributed by atoms with Crippen LogP contribution in [0.4, 0.5) is 18.9 Å². The molecule has 0 spiro atoms. The van der Waals surface area contributed by atoms with Crippen molar-refractivity contribution >= 4 is 5.69 Å². The third-order valence-corrected chi connectivity index (χ3v) is 1.31. The van der Waals surface area contributed by atoms with Gasteiger partial charge in [0, 0.05) is 0 Å². The molecule has 0 aliphatic rings. The maximum Gasteiger partial charge on any atom is 0.311 e. The van der Waals surface area contributed by atoms with Crippen molar-refractivity contribution in [2.24, 2.45) is 0 Å². The van der Waals surface area contributed by atoms with Crippen LogP contribution in [0.3, 0.4) is 0 Å². The summed E-state index contributed by atoms with van der Waals surface area (Å²) in [5.74, 6) is -7.00. The number of halogens is 3. The maximum absolute atomic E-state index is 12.6. The Morgan fingerprint density at radius 1 is 1.31 bits per heavy atom. The zero-order valence-electron chi connectivity index (χ0n) is 5.92. The minimum atomic E-state index is -1.84. The topological polar surface area (TPSA) is 63.4 Å². The average Bonchev–Trinajstić information content (AvgIpc) is 2.07. The van der Waals surface area contributed by atoms with Gasteiger partial charge in [-0.1, -0.05) is 0 Å². The molecular formula is C6H2F3NO3. The predicted octanol–water partition coefficient (Wildman–Crippen LogP) is 1.72. The molecule has 0 unspecified atom stereocenters. The Bertz CT molecular complexity index is 380. The summed E-state index contributed by atoms with van der Waals surface area (Å²) in [7, 11) is 0. The summed E-state index contributed by atoms with van der Waals surface area (Å²) in [5.41, 5.74) is -1.31. The molecule has 7 heteroatoms. The van der Waals surface area contributed by atoms with E-state index in [-0.39, 0.29) is 6.07 Å². The molecule has 0 aliphatic carbocycles. The van der Waals surface area contributed by atoms with Crippen molar-refractivity contribution in [1.82, 2.24) is 0 Å². The Hall–Kier alpha value is -1.79. The van der Waals surface area contributed by atoms with Crippen molar-refractivity contribution in [3.8, 4) is 5.75 Å². The largest absolute Gasteiger partial charge is 0.503 e. The van der Waals surface area contributed by atoms with Crippen LogP contribution in [0.15, 0.2) is 6.07 Å². The van der Waals surface area contributed by atoms with Crippen LogP contribution in [0.5, 0.6) is 5.75 Å². The van der Waals surface area contributed by atoms with Gasteiger partial charge in [0.1, 0.15) is 0 Å². The zero-order valence-corrected chi connectivity index (χ0v) is 5.92. The van der Waals surface area contributed by atoms with E-state index in [4.69, 9.17) is 5.11 Å². The third-order valence-electron chi connectivity index (χ3n) is 1.31. The fourth-order valence-electron chi connectivity index (χ4n) is 0.710. The van der Waals surface area contributed by atoms with Crippen LogP contribution in [-0.2, 0) is 0 Å². The molecular weight excluding hydrogens is 191 g/mol. The Morgan fingerprint density at radius 3 is 2.31 bits per heavy atom. The van der Waals surface area contributed by atoms with Crippen LogP contribution in [0.25, 0.3) is 0 Å². The second-order valence-electron chi connectivity index (χ2n) is 2.11. The lowest BCUT2D eigenvalue weighted by molar-refractivity contribution is -0.387. The number of hydrogen-bond acceptors (Lipinski definition) is 3. The number of rotatable bonds is 1. The maximum atomic E-state index is 12.6. The Morgan fingerprint density at radius 2 is 1.85 bits per heavy atom. The van der Waals surface area contributed by atoms with Crippen LogP contribution < -0.4 is 0 Å². The molecule has 1 aromatic rings. The number of nitro benzene ring substituents is 1. The second kappa shape index (κ2) is 2.92. The normalized spacial score (nSPS) is 10.1. The third kappa shape index (κ3) is 1.40. The monoisotopic (exact) mass is 193 g/mol. The van der Waals surface area contributed by atoms with Crippen LogP contribution in [0.2, 0.25) is 0 Å². The molecule has 0 saturated carbocycles. The van der Waals surface area contributed by atoms with Gasteiger partial charge < -0.3 is 5.11 Å². The average molecular weight is 193 g/mol. The molecule has 0 bridgehead atoms. The highest BCUT2D eigenvalue weighted by Crippen LogP contribution is 2.30. The lowest BCUT2D eigenvalue weighted by Gasteiger charge is -1.98. The minimum absolute atomic E-state index is 0.0599. The number of hydrogen-bond donors (Lipinski definition) is 1. The van der Waals surface area contributed by atoms with E-state index in [9.17, 15) is 23.3 Å². The van der Waals surface area contributed by atoms with Crippen LogP contribution in [0.1, 0.15) is 0 Å². The van der Waals surface area contributed by atoms with Crippen LogP contribution in [0, 0.1) is 27.6 Å². The summed E-state index contributed by atoms with van der Waals surface area (Å²) in [6.45, 7) is 0. The fourth-order valence-corrected chi connectivity index (χ4v) is 0.710. The van der Waals surface area contributed by atoms with Gasteiger partial charge in [-0.2, -0.15) is 8.78 Å². The van der Waals surface area contributed by atoms with E-state index in [1.165, 1.54) is 0 Å². The summed E-state index contributed by atoms with van der Waals surface area (Å²) in [5, 5.41) is 18.5. The van der Waals surface area contributed by atoms with Gasteiger partial charge in [-0.3, -0.25) is 10.1 Å². The van der Waals surface area contributed by atoms with Gasteiger partial charge in [0.2, 0.25) is 11.6 Å². The lowest BCUT2D eigenvalue weighted by atomic mass is 10.2. The van der Waals surface area contributed by atoms with E-state index in [0.29, 0.717) is 0 Å². The molecule has 0 radical (unpaired) electrons. The van der Waals surface area contributed by atoms with Crippen molar-refractivity contribution in [2.75, 3.05) is 0 Å². The number of phenols is 1. The molecule has 0 saturated heterocycles. The van der Waals surface area contributed by atoms with Crippen molar-refractivity contribution in [3.05, 3.63) is 33.6 Å². The number of aromatic hydroxyl groups is 1. The number of benzene rings is 1. The summed E-state index contributed by atoms with van der Waals surface area (Å²) in [6, 6.07) is 0.0599. The van der Waals surface area contributed by atoms with E-state index >= 15 is 0 Å². The van der Waals surface area contributed by atoms with Crippen molar-refractivity contribution in [1.29, 1.82) is 0 Å². The summed E-state index contributed by atoms with van der Waals surface area (Å²) in [6.07, 6.45) is 0. The van der Waals surface area contributed by atoms with Gasteiger partial charge >= 0.3 is 5.69 Å². The summed E-state index contributed by atoms with van der Waals surface area (Å²) in [4.78, 5) is 8.74. The zero-order chi connectivity index (χ0) is 10.2. The summed E-state index contributed by atoms with van der Waals surface area (Å²) < 4.78 is 37.3. The molecule has 70 valence electrons. The molecule has 1 aromatic carbocycles. The van der Waals surface area contributed by atoms with Crippen molar-refractivity contribution in [3.63, 3.8) is 0 Å².